The van der Waals surface area contributed by atoms with Crippen LogP contribution in [0.3, 0.4) is 0 Å². The molecule has 1 nitrogen and oxygen atoms in total. The standard InChI is InChI=1S/C18H33NS/c1-6-11-19-16(9-10-17-8-7-12-20-17)13-15(2)14-18(3,4)5/h7-8,12,15-16,19H,6,9-11,13-14H2,1-5H3. The molecule has 0 saturated heterocycles. The van der Waals surface area contributed by atoms with Crippen LogP contribution in [-0.2, 0) is 6.42 Å². The van der Waals surface area contributed by atoms with Crippen molar-refractivity contribution < 1.29 is 0 Å². The second-order valence-electron chi connectivity index (χ2n) is 7.37. The molecule has 116 valence electrons. The molecule has 2 atom stereocenters. The fourth-order valence-electron chi connectivity index (χ4n) is 3.04. The van der Waals surface area contributed by atoms with Crippen LogP contribution in [0.5, 0.6) is 0 Å². The predicted molar refractivity (Wildman–Crippen MR) is 92.6 cm³/mol. The first-order chi connectivity index (χ1) is 9.40. The lowest BCUT2D eigenvalue weighted by Crippen LogP contribution is -2.32. The third-order valence-electron chi connectivity index (χ3n) is 3.65. The van der Waals surface area contributed by atoms with Crippen LogP contribution in [-0.4, -0.2) is 12.6 Å². The maximum absolute atomic E-state index is 3.75. The largest absolute Gasteiger partial charge is 0.314 e. The smallest absolute Gasteiger partial charge is 0.00730 e. The maximum atomic E-state index is 3.75. The van der Waals surface area contributed by atoms with Gasteiger partial charge in [0.05, 0.1) is 0 Å². The van der Waals surface area contributed by atoms with Crippen molar-refractivity contribution in [3.05, 3.63) is 22.4 Å². The minimum atomic E-state index is 0.447. The van der Waals surface area contributed by atoms with Gasteiger partial charge >= 0.3 is 0 Å². The highest BCUT2D eigenvalue weighted by Crippen LogP contribution is 2.27. The monoisotopic (exact) mass is 295 g/mol. The van der Waals surface area contributed by atoms with Crippen LogP contribution in [0, 0.1) is 11.3 Å². The highest BCUT2D eigenvalue weighted by atomic mass is 32.1. The lowest BCUT2D eigenvalue weighted by Gasteiger charge is -2.27. The van der Waals surface area contributed by atoms with Gasteiger partial charge in [0, 0.05) is 10.9 Å². The van der Waals surface area contributed by atoms with Gasteiger partial charge in [0.1, 0.15) is 0 Å². The zero-order chi connectivity index (χ0) is 15.0. The summed E-state index contributed by atoms with van der Waals surface area (Å²) in [6, 6.07) is 5.10. The van der Waals surface area contributed by atoms with Crippen molar-refractivity contribution in [3.8, 4) is 0 Å². The van der Waals surface area contributed by atoms with E-state index >= 15 is 0 Å². The summed E-state index contributed by atoms with van der Waals surface area (Å²) < 4.78 is 0. The van der Waals surface area contributed by atoms with E-state index in [1.807, 2.05) is 11.3 Å². The first-order valence-corrected chi connectivity index (χ1v) is 9.04. The van der Waals surface area contributed by atoms with E-state index in [0.717, 1.165) is 12.5 Å². The van der Waals surface area contributed by atoms with Gasteiger partial charge in [-0.15, -0.1) is 11.3 Å². The Kier molecular flexibility index (Phi) is 7.83. The molecule has 0 radical (unpaired) electrons. The molecule has 0 saturated carbocycles. The summed E-state index contributed by atoms with van der Waals surface area (Å²) in [5.74, 6) is 0.799. The zero-order valence-electron chi connectivity index (χ0n) is 14.0. The molecule has 1 rings (SSSR count). The molecular formula is C18H33NS. The van der Waals surface area contributed by atoms with Crippen molar-refractivity contribution in [2.45, 2.75) is 72.8 Å². The summed E-state index contributed by atoms with van der Waals surface area (Å²) in [5.41, 5.74) is 0.447. The molecule has 0 bridgehead atoms. The van der Waals surface area contributed by atoms with Crippen LogP contribution in [0.2, 0.25) is 0 Å². The van der Waals surface area contributed by atoms with Crippen LogP contribution in [0.4, 0.5) is 0 Å². The van der Waals surface area contributed by atoms with Crippen LogP contribution in [0.15, 0.2) is 17.5 Å². The molecule has 0 spiro atoms. The molecule has 2 heteroatoms. The lowest BCUT2D eigenvalue weighted by molar-refractivity contribution is 0.271. The van der Waals surface area contributed by atoms with Crippen molar-refractivity contribution in [1.82, 2.24) is 5.32 Å². The second-order valence-corrected chi connectivity index (χ2v) is 8.41. The van der Waals surface area contributed by atoms with E-state index < -0.39 is 0 Å². The number of rotatable bonds is 9. The highest BCUT2D eigenvalue weighted by Gasteiger charge is 2.19. The average Bonchev–Trinajstić information content (AvgIpc) is 2.83. The van der Waals surface area contributed by atoms with E-state index in [1.54, 1.807) is 0 Å². The van der Waals surface area contributed by atoms with Gasteiger partial charge in [0.25, 0.3) is 0 Å². The fourth-order valence-corrected chi connectivity index (χ4v) is 3.76. The fraction of sp³-hybridized carbons (Fsp3) is 0.778. The van der Waals surface area contributed by atoms with Gasteiger partial charge in [-0.2, -0.15) is 0 Å². The maximum Gasteiger partial charge on any atom is 0.00730 e. The lowest BCUT2D eigenvalue weighted by atomic mass is 9.82. The summed E-state index contributed by atoms with van der Waals surface area (Å²) in [7, 11) is 0. The van der Waals surface area contributed by atoms with Gasteiger partial charge < -0.3 is 5.32 Å². The molecule has 0 amide bonds. The van der Waals surface area contributed by atoms with E-state index in [9.17, 15) is 0 Å². The molecule has 0 aliphatic rings. The number of nitrogens with one attached hydrogen (secondary N) is 1. The highest BCUT2D eigenvalue weighted by molar-refractivity contribution is 7.09. The Labute approximate surface area is 130 Å². The summed E-state index contributed by atoms with van der Waals surface area (Å²) in [5, 5.41) is 5.94. The van der Waals surface area contributed by atoms with Crippen molar-refractivity contribution in [1.29, 1.82) is 0 Å². The van der Waals surface area contributed by atoms with Crippen LogP contribution in [0.1, 0.15) is 65.2 Å². The molecular weight excluding hydrogens is 262 g/mol. The average molecular weight is 296 g/mol. The third-order valence-corrected chi connectivity index (χ3v) is 4.59. The van der Waals surface area contributed by atoms with Gasteiger partial charge in [0.2, 0.25) is 0 Å². The van der Waals surface area contributed by atoms with Crippen LogP contribution < -0.4 is 5.32 Å². The molecule has 1 heterocycles. The Hall–Kier alpha value is -0.340. The Balaban J connectivity index is 2.42. The quantitative estimate of drug-likeness (QED) is 0.633. The molecule has 1 aromatic heterocycles. The Morgan fingerprint density at radius 1 is 1.30 bits per heavy atom. The number of hydrogen-bond acceptors (Lipinski definition) is 2. The topological polar surface area (TPSA) is 12.0 Å². The van der Waals surface area contributed by atoms with Crippen LogP contribution >= 0.6 is 11.3 Å². The Morgan fingerprint density at radius 3 is 2.60 bits per heavy atom. The van der Waals surface area contributed by atoms with Gasteiger partial charge in [0.15, 0.2) is 0 Å². The summed E-state index contributed by atoms with van der Waals surface area (Å²) in [4.78, 5) is 1.52. The zero-order valence-corrected chi connectivity index (χ0v) is 14.9. The minimum absolute atomic E-state index is 0.447. The first kappa shape index (κ1) is 17.7. The molecule has 0 aliphatic carbocycles. The molecule has 20 heavy (non-hydrogen) atoms. The normalized spacial score (nSPS) is 15.2. The van der Waals surface area contributed by atoms with Crippen molar-refractivity contribution in [2.75, 3.05) is 6.54 Å². The predicted octanol–water partition coefficient (Wildman–Crippen LogP) is 5.51. The molecule has 2 unspecified atom stereocenters. The van der Waals surface area contributed by atoms with Gasteiger partial charge in [-0.05, 0) is 61.4 Å². The van der Waals surface area contributed by atoms with E-state index in [2.05, 4.69) is 57.4 Å². The van der Waals surface area contributed by atoms with Crippen LogP contribution in [0.25, 0.3) is 0 Å². The van der Waals surface area contributed by atoms with E-state index in [1.165, 1.54) is 37.0 Å². The molecule has 1 N–H and O–H groups in total. The number of thiophene rings is 1. The summed E-state index contributed by atoms with van der Waals surface area (Å²) in [6.45, 7) is 12.9. The summed E-state index contributed by atoms with van der Waals surface area (Å²) >= 11 is 1.89. The van der Waals surface area contributed by atoms with E-state index in [4.69, 9.17) is 0 Å². The van der Waals surface area contributed by atoms with E-state index in [0.29, 0.717) is 11.5 Å². The first-order valence-electron chi connectivity index (χ1n) is 8.16. The molecule has 0 fully saturated rings. The SMILES string of the molecule is CCCNC(CCc1cccs1)CC(C)CC(C)(C)C. The van der Waals surface area contributed by atoms with Crippen molar-refractivity contribution in [3.63, 3.8) is 0 Å². The number of hydrogen-bond donors (Lipinski definition) is 1. The molecule has 1 aromatic rings. The van der Waals surface area contributed by atoms with Crippen molar-refractivity contribution in [2.24, 2.45) is 11.3 Å². The van der Waals surface area contributed by atoms with Gasteiger partial charge in [-0.25, -0.2) is 0 Å². The Bertz CT molecular complexity index is 337. The van der Waals surface area contributed by atoms with Gasteiger partial charge in [-0.1, -0.05) is 40.7 Å². The number of aryl methyl sites for hydroxylation is 1. The second kappa shape index (κ2) is 8.84. The van der Waals surface area contributed by atoms with E-state index in [-0.39, 0.29) is 0 Å². The minimum Gasteiger partial charge on any atom is -0.314 e. The Morgan fingerprint density at radius 2 is 2.05 bits per heavy atom. The third kappa shape index (κ3) is 8.06. The van der Waals surface area contributed by atoms with Gasteiger partial charge in [-0.3, -0.25) is 0 Å². The summed E-state index contributed by atoms with van der Waals surface area (Å²) in [6.07, 6.45) is 6.35. The molecule has 0 aliphatic heterocycles. The molecule has 0 aromatic carbocycles. The van der Waals surface area contributed by atoms with Crippen molar-refractivity contribution >= 4 is 11.3 Å².